The van der Waals surface area contributed by atoms with E-state index in [1.54, 1.807) is 0 Å². The number of carbonyl (C=O) groups is 1. The number of nitrogens with zero attached hydrogens (tertiary/aromatic N) is 1. The molecule has 0 saturated carbocycles. The molecular formula is C15H16BrIN2O. The zero-order valence-corrected chi connectivity index (χ0v) is 15.3. The second-order valence-electron chi connectivity index (χ2n) is 4.96. The summed E-state index contributed by atoms with van der Waals surface area (Å²) in [6.07, 6.45) is 1.93. The molecule has 0 radical (unpaired) electrons. The molecule has 3 nitrogen and oxygen atoms in total. The Morgan fingerprint density at radius 2 is 2.05 bits per heavy atom. The number of halogens is 2. The third-order valence-electron chi connectivity index (χ3n) is 3.04. The number of benzene rings is 1. The lowest BCUT2D eigenvalue weighted by Gasteiger charge is -2.13. The lowest BCUT2D eigenvalue weighted by Crippen LogP contribution is -2.18. The Morgan fingerprint density at radius 3 is 2.65 bits per heavy atom. The first-order valence-corrected chi connectivity index (χ1v) is 8.20. The molecule has 1 aromatic carbocycles. The van der Waals surface area contributed by atoms with Gasteiger partial charge in [0.1, 0.15) is 5.69 Å². The molecule has 0 unspecified atom stereocenters. The lowest BCUT2D eigenvalue weighted by atomic mass is 10.2. The smallest absolute Gasteiger partial charge is 0.272 e. The van der Waals surface area contributed by atoms with Crippen LogP contribution in [0.5, 0.6) is 0 Å². The second kappa shape index (κ2) is 6.30. The molecular weight excluding hydrogens is 431 g/mol. The predicted molar refractivity (Wildman–Crippen MR) is 94.4 cm³/mol. The van der Waals surface area contributed by atoms with E-state index < -0.39 is 0 Å². The third kappa shape index (κ3) is 3.44. The maximum absolute atomic E-state index is 12.4. The van der Waals surface area contributed by atoms with Gasteiger partial charge in [-0.3, -0.25) is 4.79 Å². The highest BCUT2D eigenvalue weighted by Gasteiger charge is 2.15. The molecule has 0 bridgehead atoms. The minimum Gasteiger partial charge on any atom is -0.340 e. The van der Waals surface area contributed by atoms with E-state index in [1.165, 1.54) is 0 Å². The first kappa shape index (κ1) is 15.6. The van der Waals surface area contributed by atoms with Crippen LogP contribution in [0.25, 0.3) is 0 Å². The first-order valence-electron chi connectivity index (χ1n) is 6.33. The van der Waals surface area contributed by atoms with Crippen LogP contribution >= 0.6 is 38.5 Å². The number of rotatable bonds is 3. The molecule has 0 aliphatic carbocycles. The monoisotopic (exact) mass is 446 g/mol. The lowest BCUT2D eigenvalue weighted by molar-refractivity contribution is 0.101. The van der Waals surface area contributed by atoms with Crippen molar-refractivity contribution in [2.75, 3.05) is 5.32 Å². The summed E-state index contributed by atoms with van der Waals surface area (Å²) in [7, 11) is 0. The summed E-state index contributed by atoms with van der Waals surface area (Å²) in [5.74, 6) is -0.0892. The Hall–Kier alpha value is -0.820. The van der Waals surface area contributed by atoms with Crippen molar-refractivity contribution >= 4 is 50.1 Å². The van der Waals surface area contributed by atoms with Crippen LogP contribution in [0.4, 0.5) is 5.69 Å². The zero-order valence-electron chi connectivity index (χ0n) is 11.6. The quantitative estimate of drug-likeness (QED) is 0.661. The maximum atomic E-state index is 12.4. The summed E-state index contributed by atoms with van der Waals surface area (Å²) in [5, 5.41) is 2.98. The van der Waals surface area contributed by atoms with Gasteiger partial charge in [-0.2, -0.15) is 0 Å². The normalized spacial score (nSPS) is 10.9. The van der Waals surface area contributed by atoms with Crippen molar-refractivity contribution in [3.05, 3.63) is 49.8 Å². The Morgan fingerprint density at radius 1 is 1.35 bits per heavy atom. The molecule has 2 rings (SSSR count). The molecule has 1 aromatic heterocycles. The van der Waals surface area contributed by atoms with E-state index in [1.807, 2.05) is 42.0 Å². The van der Waals surface area contributed by atoms with E-state index in [0.717, 1.165) is 19.3 Å². The molecule has 1 heterocycles. The molecule has 0 spiro atoms. The van der Waals surface area contributed by atoms with Crippen molar-refractivity contribution in [2.24, 2.45) is 0 Å². The van der Waals surface area contributed by atoms with Gasteiger partial charge >= 0.3 is 0 Å². The van der Waals surface area contributed by atoms with Gasteiger partial charge in [0.2, 0.25) is 0 Å². The van der Waals surface area contributed by atoms with Crippen LogP contribution in [0.1, 0.15) is 35.9 Å². The van der Waals surface area contributed by atoms with Crippen LogP contribution in [-0.4, -0.2) is 10.5 Å². The molecule has 0 saturated heterocycles. The summed E-state index contributed by atoms with van der Waals surface area (Å²) in [6.45, 7) is 6.11. The van der Waals surface area contributed by atoms with Gasteiger partial charge in [-0.05, 0) is 89.1 Å². The van der Waals surface area contributed by atoms with Gasteiger partial charge in [0.25, 0.3) is 5.91 Å². The van der Waals surface area contributed by atoms with Crippen LogP contribution in [-0.2, 0) is 0 Å². The average Bonchev–Trinajstić information content (AvgIpc) is 2.75. The molecule has 0 aliphatic heterocycles. The number of anilines is 1. The fraction of sp³-hybridized carbons (Fsp3) is 0.267. The van der Waals surface area contributed by atoms with Crippen molar-refractivity contribution in [1.82, 2.24) is 4.57 Å². The van der Waals surface area contributed by atoms with E-state index in [4.69, 9.17) is 0 Å². The fourth-order valence-electron chi connectivity index (χ4n) is 2.01. The van der Waals surface area contributed by atoms with Crippen LogP contribution in [0.15, 0.2) is 34.9 Å². The Balaban J connectivity index is 2.28. The van der Waals surface area contributed by atoms with E-state index in [2.05, 4.69) is 57.7 Å². The molecule has 1 amide bonds. The molecule has 0 atom stereocenters. The Bertz CT molecular complexity index is 649. The van der Waals surface area contributed by atoms with Crippen LogP contribution in [0.3, 0.4) is 0 Å². The molecule has 5 heteroatoms. The summed E-state index contributed by atoms with van der Waals surface area (Å²) in [5.41, 5.74) is 2.57. The topological polar surface area (TPSA) is 34.0 Å². The summed E-state index contributed by atoms with van der Waals surface area (Å²) < 4.78 is 4.03. The van der Waals surface area contributed by atoms with Gasteiger partial charge < -0.3 is 9.88 Å². The van der Waals surface area contributed by atoms with Gasteiger partial charge in [0.15, 0.2) is 0 Å². The standard InChI is InChI=1S/C15H16BrIN2O/c1-9(2)19-8-11(16)7-14(19)15(20)18-13-5-4-12(17)6-10(13)3/h4-9H,1-3H3,(H,18,20). The van der Waals surface area contributed by atoms with Crippen LogP contribution in [0.2, 0.25) is 0 Å². The van der Waals surface area contributed by atoms with Crippen LogP contribution in [0, 0.1) is 10.5 Å². The van der Waals surface area contributed by atoms with Gasteiger partial charge in [0, 0.05) is 26.0 Å². The number of aryl methyl sites for hydroxylation is 1. The second-order valence-corrected chi connectivity index (χ2v) is 7.12. The molecule has 20 heavy (non-hydrogen) atoms. The predicted octanol–water partition coefficient (Wildman–Crippen LogP) is 5.00. The van der Waals surface area contributed by atoms with Gasteiger partial charge in [-0.1, -0.05) is 0 Å². The average molecular weight is 447 g/mol. The number of carbonyl (C=O) groups excluding carboxylic acids is 1. The Kier molecular flexibility index (Phi) is 4.90. The van der Waals surface area contributed by atoms with Gasteiger partial charge in [-0.25, -0.2) is 0 Å². The highest BCUT2D eigenvalue weighted by molar-refractivity contribution is 14.1. The van der Waals surface area contributed by atoms with E-state index >= 15 is 0 Å². The van der Waals surface area contributed by atoms with Gasteiger partial charge in [0.05, 0.1) is 0 Å². The van der Waals surface area contributed by atoms with Crippen molar-refractivity contribution in [3.63, 3.8) is 0 Å². The highest BCUT2D eigenvalue weighted by Crippen LogP contribution is 2.22. The summed E-state index contributed by atoms with van der Waals surface area (Å²) in [6, 6.07) is 8.05. The molecule has 106 valence electrons. The molecule has 2 aromatic rings. The number of hydrogen-bond acceptors (Lipinski definition) is 1. The highest BCUT2D eigenvalue weighted by atomic mass is 127. The first-order chi connectivity index (χ1) is 9.38. The minimum absolute atomic E-state index is 0.0892. The SMILES string of the molecule is Cc1cc(I)ccc1NC(=O)c1cc(Br)cn1C(C)C. The minimum atomic E-state index is -0.0892. The fourth-order valence-corrected chi connectivity index (χ4v) is 3.09. The third-order valence-corrected chi connectivity index (χ3v) is 4.15. The molecule has 1 N–H and O–H groups in total. The van der Waals surface area contributed by atoms with Crippen molar-refractivity contribution in [3.8, 4) is 0 Å². The van der Waals surface area contributed by atoms with Crippen LogP contribution < -0.4 is 5.32 Å². The van der Waals surface area contributed by atoms with E-state index in [-0.39, 0.29) is 11.9 Å². The summed E-state index contributed by atoms with van der Waals surface area (Å²) in [4.78, 5) is 12.4. The van der Waals surface area contributed by atoms with Crippen molar-refractivity contribution in [2.45, 2.75) is 26.8 Å². The van der Waals surface area contributed by atoms with Crippen molar-refractivity contribution < 1.29 is 4.79 Å². The molecule has 0 fully saturated rings. The number of hydrogen-bond donors (Lipinski definition) is 1. The Labute approximate surface area is 141 Å². The number of amides is 1. The molecule has 0 aliphatic rings. The number of aromatic nitrogens is 1. The maximum Gasteiger partial charge on any atom is 0.272 e. The van der Waals surface area contributed by atoms with Gasteiger partial charge in [-0.15, -0.1) is 0 Å². The summed E-state index contributed by atoms with van der Waals surface area (Å²) >= 11 is 5.69. The largest absolute Gasteiger partial charge is 0.340 e. The number of nitrogens with one attached hydrogen (secondary N) is 1. The zero-order chi connectivity index (χ0) is 14.9. The van der Waals surface area contributed by atoms with E-state index in [9.17, 15) is 4.79 Å². The van der Waals surface area contributed by atoms with E-state index in [0.29, 0.717) is 5.69 Å². The van der Waals surface area contributed by atoms with Crippen molar-refractivity contribution in [1.29, 1.82) is 0 Å².